The van der Waals surface area contributed by atoms with Crippen LogP contribution in [0.2, 0.25) is 0 Å². The van der Waals surface area contributed by atoms with E-state index in [0.29, 0.717) is 12.1 Å². The highest BCUT2D eigenvalue weighted by atomic mass is 16.1. The lowest BCUT2D eigenvalue weighted by Gasteiger charge is -2.31. The SMILES string of the molecule is NC(=O)C1=C2c3ccc4ccccc4c3CCN2CC12C=CC=N2. The summed E-state index contributed by atoms with van der Waals surface area (Å²) in [5.41, 5.74) is 9.23. The van der Waals surface area contributed by atoms with Gasteiger partial charge in [0, 0.05) is 18.3 Å². The van der Waals surface area contributed by atoms with Crippen molar-refractivity contribution in [1.82, 2.24) is 4.90 Å². The van der Waals surface area contributed by atoms with E-state index in [2.05, 4.69) is 46.3 Å². The molecular weight excluding hydrogens is 298 g/mol. The lowest BCUT2D eigenvalue weighted by atomic mass is 9.87. The number of hydrogen-bond donors (Lipinski definition) is 1. The summed E-state index contributed by atoms with van der Waals surface area (Å²) in [5, 5.41) is 2.50. The summed E-state index contributed by atoms with van der Waals surface area (Å²) in [6.45, 7) is 1.58. The molecule has 2 N–H and O–H groups in total. The van der Waals surface area contributed by atoms with Crippen LogP contribution in [0.1, 0.15) is 11.1 Å². The van der Waals surface area contributed by atoms with Gasteiger partial charge in [0.25, 0.3) is 0 Å². The summed E-state index contributed by atoms with van der Waals surface area (Å²) in [6, 6.07) is 12.7. The Bertz CT molecular complexity index is 972. The number of nitrogens with two attached hydrogens (primary N) is 1. The second-order valence-electron chi connectivity index (χ2n) is 6.63. The summed E-state index contributed by atoms with van der Waals surface area (Å²) in [5.74, 6) is -0.378. The molecule has 2 aromatic carbocycles. The minimum Gasteiger partial charge on any atom is -0.367 e. The number of hydrogen-bond acceptors (Lipinski definition) is 3. The number of nitrogens with zero attached hydrogens (tertiary/aromatic N) is 2. The van der Waals surface area contributed by atoms with Gasteiger partial charge in [-0.15, -0.1) is 0 Å². The quantitative estimate of drug-likeness (QED) is 0.878. The minimum absolute atomic E-state index is 0.378. The van der Waals surface area contributed by atoms with Crippen molar-refractivity contribution >= 4 is 28.6 Å². The third-order valence-electron chi connectivity index (χ3n) is 5.35. The molecule has 3 aliphatic rings. The van der Waals surface area contributed by atoms with Crippen LogP contribution < -0.4 is 5.73 Å². The predicted molar refractivity (Wildman–Crippen MR) is 95.7 cm³/mol. The van der Waals surface area contributed by atoms with E-state index in [1.165, 1.54) is 16.3 Å². The van der Waals surface area contributed by atoms with Gasteiger partial charge in [0.2, 0.25) is 5.91 Å². The molecule has 1 spiro atoms. The average Bonchev–Trinajstić information content (AvgIpc) is 3.18. The van der Waals surface area contributed by atoms with E-state index in [1.54, 1.807) is 6.21 Å². The second kappa shape index (κ2) is 4.57. The molecule has 1 atom stereocenters. The zero-order valence-electron chi connectivity index (χ0n) is 13.2. The van der Waals surface area contributed by atoms with Crippen LogP contribution >= 0.6 is 0 Å². The smallest absolute Gasteiger partial charge is 0.249 e. The Labute approximate surface area is 140 Å². The molecule has 4 nitrogen and oxygen atoms in total. The molecule has 24 heavy (non-hydrogen) atoms. The number of rotatable bonds is 1. The molecule has 0 saturated carbocycles. The topological polar surface area (TPSA) is 58.7 Å². The van der Waals surface area contributed by atoms with Gasteiger partial charge in [-0.05, 0) is 34.9 Å². The Morgan fingerprint density at radius 3 is 2.88 bits per heavy atom. The Morgan fingerprint density at radius 2 is 2.08 bits per heavy atom. The zero-order chi connectivity index (χ0) is 16.3. The largest absolute Gasteiger partial charge is 0.367 e. The number of carbonyl (C=O) groups excluding carboxylic acids is 1. The van der Waals surface area contributed by atoms with Crippen LogP contribution in [0.5, 0.6) is 0 Å². The first-order valence-corrected chi connectivity index (χ1v) is 8.23. The van der Waals surface area contributed by atoms with Gasteiger partial charge in [0.05, 0.1) is 17.8 Å². The van der Waals surface area contributed by atoms with Crippen molar-refractivity contribution in [3.8, 4) is 0 Å². The van der Waals surface area contributed by atoms with Gasteiger partial charge < -0.3 is 10.6 Å². The molecule has 0 radical (unpaired) electrons. The van der Waals surface area contributed by atoms with Gasteiger partial charge in [-0.3, -0.25) is 9.79 Å². The molecule has 0 fully saturated rings. The van der Waals surface area contributed by atoms with E-state index >= 15 is 0 Å². The fourth-order valence-electron chi connectivity index (χ4n) is 4.37. The van der Waals surface area contributed by atoms with Crippen LogP contribution in [0.15, 0.2) is 59.1 Å². The number of amides is 1. The summed E-state index contributed by atoms with van der Waals surface area (Å²) >= 11 is 0. The Hall–Kier alpha value is -2.88. The highest BCUT2D eigenvalue weighted by Gasteiger charge is 2.48. The molecule has 4 heteroatoms. The second-order valence-corrected chi connectivity index (χ2v) is 6.63. The first-order valence-electron chi connectivity index (χ1n) is 8.23. The molecule has 118 valence electrons. The third-order valence-corrected chi connectivity index (χ3v) is 5.35. The number of primary amides is 1. The maximum absolute atomic E-state index is 12.3. The van der Waals surface area contributed by atoms with Crippen molar-refractivity contribution in [1.29, 1.82) is 0 Å². The summed E-state index contributed by atoms with van der Waals surface area (Å²) in [6.07, 6.45) is 6.64. The van der Waals surface area contributed by atoms with Crippen molar-refractivity contribution in [2.45, 2.75) is 12.0 Å². The van der Waals surface area contributed by atoms with Crippen molar-refractivity contribution < 1.29 is 4.79 Å². The van der Waals surface area contributed by atoms with Crippen LogP contribution in [0.3, 0.4) is 0 Å². The molecule has 1 amide bonds. The number of fused-ring (bicyclic) bond motifs is 5. The number of allylic oxidation sites excluding steroid dienone is 1. The van der Waals surface area contributed by atoms with E-state index in [1.807, 2.05) is 12.2 Å². The number of carbonyl (C=O) groups is 1. The molecular formula is C20H17N3O. The lowest BCUT2D eigenvalue weighted by molar-refractivity contribution is -0.114. The molecule has 5 rings (SSSR count). The zero-order valence-corrected chi connectivity index (χ0v) is 13.2. The molecule has 0 saturated heterocycles. The highest BCUT2D eigenvalue weighted by Crippen LogP contribution is 2.46. The highest BCUT2D eigenvalue weighted by molar-refractivity contribution is 6.07. The van der Waals surface area contributed by atoms with E-state index < -0.39 is 5.54 Å². The molecule has 3 aliphatic heterocycles. The first kappa shape index (κ1) is 13.5. The normalized spacial score (nSPS) is 24.1. The Kier molecular flexibility index (Phi) is 2.58. The van der Waals surface area contributed by atoms with Crippen molar-refractivity contribution in [3.63, 3.8) is 0 Å². The Morgan fingerprint density at radius 1 is 1.21 bits per heavy atom. The lowest BCUT2D eigenvalue weighted by Crippen LogP contribution is -2.36. The molecule has 0 aliphatic carbocycles. The minimum atomic E-state index is -0.603. The van der Waals surface area contributed by atoms with Crippen molar-refractivity contribution in [2.75, 3.05) is 13.1 Å². The number of aliphatic imine (C=N–C) groups is 1. The van der Waals surface area contributed by atoms with Gasteiger partial charge in [-0.25, -0.2) is 0 Å². The maximum Gasteiger partial charge on any atom is 0.249 e. The van der Waals surface area contributed by atoms with Gasteiger partial charge in [0.15, 0.2) is 0 Å². The molecule has 3 heterocycles. The molecule has 0 bridgehead atoms. The monoisotopic (exact) mass is 315 g/mol. The Balaban J connectivity index is 1.83. The van der Waals surface area contributed by atoms with E-state index in [4.69, 9.17) is 5.73 Å². The van der Waals surface area contributed by atoms with Crippen LogP contribution in [-0.4, -0.2) is 35.7 Å². The van der Waals surface area contributed by atoms with Crippen LogP contribution in [0.4, 0.5) is 0 Å². The van der Waals surface area contributed by atoms with E-state index in [9.17, 15) is 4.79 Å². The molecule has 1 unspecified atom stereocenters. The van der Waals surface area contributed by atoms with Crippen molar-refractivity contribution in [2.24, 2.45) is 10.7 Å². The first-order chi connectivity index (χ1) is 11.7. The van der Waals surface area contributed by atoms with Crippen LogP contribution in [-0.2, 0) is 11.2 Å². The molecule has 0 aromatic heterocycles. The van der Waals surface area contributed by atoms with E-state index in [0.717, 1.165) is 24.2 Å². The van der Waals surface area contributed by atoms with Crippen LogP contribution in [0.25, 0.3) is 16.5 Å². The van der Waals surface area contributed by atoms with Crippen LogP contribution in [0, 0.1) is 0 Å². The standard InChI is InChI=1S/C20H17N3O/c21-19(24)17-18-16-7-6-13-4-1-2-5-14(13)15(16)8-11-23(18)12-20(17)9-3-10-22-20/h1-7,9-10H,8,11-12H2,(H2,21,24). The predicted octanol–water partition coefficient (Wildman–Crippen LogP) is 2.29. The van der Waals surface area contributed by atoms with Gasteiger partial charge in [0.1, 0.15) is 5.54 Å². The number of benzene rings is 2. The summed E-state index contributed by atoms with van der Waals surface area (Å²) in [7, 11) is 0. The average molecular weight is 315 g/mol. The van der Waals surface area contributed by atoms with E-state index in [-0.39, 0.29) is 5.91 Å². The fraction of sp³-hybridized carbons (Fsp3) is 0.200. The van der Waals surface area contributed by atoms with Crippen molar-refractivity contribution in [3.05, 3.63) is 65.3 Å². The van der Waals surface area contributed by atoms with Gasteiger partial charge >= 0.3 is 0 Å². The fourth-order valence-corrected chi connectivity index (χ4v) is 4.37. The summed E-state index contributed by atoms with van der Waals surface area (Å²) < 4.78 is 0. The third kappa shape index (κ3) is 1.63. The van der Waals surface area contributed by atoms with Gasteiger partial charge in [-0.2, -0.15) is 0 Å². The summed E-state index contributed by atoms with van der Waals surface area (Å²) in [4.78, 5) is 19.2. The maximum atomic E-state index is 12.3. The van der Waals surface area contributed by atoms with Gasteiger partial charge in [-0.1, -0.05) is 36.4 Å². The molecule has 2 aromatic rings.